The number of anilines is 3. The number of halogens is 1. The fourth-order valence-corrected chi connectivity index (χ4v) is 2.30. The van der Waals surface area contributed by atoms with Crippen LogP contribution in [0.1, 0.15) is 11.7 Å². The summed E-state index contributed by atoms with van der Waals surface area (Å²) in [7, 11) is 1.74. The minimum absolute atomic E-state index is 0.320. The summed E-state index contributed by atoms with van der Waals surface area (Å²) < 4.78 is 13.8. The first-order valence-corrected chi connectivity index (χ1v) is 6.19. The lowest BCUT2D eigenvalue weighted by Crippen LogP contribution is -2.11. The summed E-state index contributed by atoms with van der Waals surface area (Å²) in [4.78, 5) is 13.1. The normalized spacial score (nSPS) is 16.8. The number of amides is 1. The highest BCUT2D eigenvalue weighted by Crippen LogP contribution is 2.35. The third-order valence-corrected chi connectivity index (χ3v) is 3.44. The van der Waals surface area contributed by atoms with E-state index in [0.29, 0.717) is 16.9 Å². The average molecular weight is 272 g/mol. The highest BCUT2D eigenvalue weighted by atomic mass is 19.1. The van der Waals surface area contributed by atoms with E-state index in [1.807, 2.05) is 0 Å². The van der Waals surface area contributed by atoms with E-state index in [-0.39, 0.29) is 5.82 Å². The van der Waals surface area contributed by atoms with Crippen molar-refractivity contribution in [3.05, 3.63) is 53.8 Å². The molecular weight excluding hydrogens is 259 g/mol. The molecule has 2 N–H and O–H groups in total. The molecule has 1 amide bonds. The largest absolute Gasteiger partial charge is 0.378 e. The quantitative estimate of drug-likeness (QED) is 0.883. The van der Waals surface area contributed by atoms with Crippen LogP contribution in [0.5, 0.6) is 0 Å². The molecule has 1 heterocycles. The average Bonchev–Trinajstić information content (AvgIpc) is 2.73. The second kappa shape index (κ2) is 4.61. The van der Waals surface area contributed by atoms with Crippen LogP contribution in [0, 0.1) is 5.82 Å². The molecule has 1 aliphatic rings. The van der Waals surface area contributed by atoms with Gasteiger partial charge >= 0.3 is 0 Å². The number of nitrogens with zero attached hydrogens (tertiary/aromatic N) is 1. The van der Waals surface area contributed by atoms with Crippen LogP contribution in [0.2, 0.25) is 0 Å². The molecule has 0 aliphatic carbocycles. The predicted molar refractivity (Wildman–Crippen MR) is 74.5 cm³/mol. The van der Waals surface area contributed by atoms with Gasteiger partial charge < -0.3 is 15.3 Å². The fourth-order valence-electron chi connectivity index (χ4n) is 2.30. The van der Waals surface area contributed by atoms with Crippen molar-refractivity contribution in [1.29, 1.82) is 0 Å². The zero-order valence-corrected chi connectivity index (χ0v) is 10.8. The Labute approximate surface area is 115 Å². The van der Waals surface area contributed by atoms with Crippen molar-refractivity contribution >= 4 is 23.0 Å². The van der Waals surface area contributed by atoms with Gasteiger partial charge in [0.15, 0.2) is 6.10 Å². The van der Waals surface area contributed by atoms with Crippen LogP contribution in [0.15, 0.2) is 42.5 Å². The molecule has 1 unspecified atom stereocenters. The molecule has 0 saturated carbocycles. The molecule has 0 aromatic heterocycles. The molecule has 0 radical (unpaired) electrons. The fraction of sp³-hybridized carbons (Fsp3) is 0.133. The van der Waals surface area contributed by atoms with Crippen LogP contribution in [0.4, 0.5) is 21.5 Å². The van der Waals surface area contributed by atoms with Crippen LogP contribution in [-0.2, 0) is 4.79 Å². The van der Waals surface area contributed by atoms with Crippen molar-refractivity contribution in [2.24, 2.45) is 0 Å². The number of aliphatic hydroxyl groups is 1. The maximum atomic E-state index is 13.8. The Hall–Kier alpha value is -2.40. The first kappa shape index (κ1) is 12.6. The molecule has 0 fully saturated rings. The standard InChI is InChI=1S/C15H13FN2O2/c1-18(13-5-3-2-4-11(13)16)9-6-7-10-12(8-9)17-15(20)14(10)19/h2-8,14,19H,1H3,(H,17,20). The van der Waals surface area contributed by atoms with Crippen molar-refractivity contribution < 1.29 is 14.3 Å². The minimum Gasteiger partial charge on any atom is -0.378 e. The molecule has 2 aromatic rings. The van der Waals surface area contributed by atoms with Gasteiger partial charge in [0.25, 0.3) is 5.91 Å². The first-order chi connectivity index (χ1) is 9.58. The van der Waals surface area contributed by atoms with Crippen molar-refractivity contribution in [3.63, 3.8) is 0 Å². The smallest absolute Gasteiger partial charge is 0.257 e. The van der Waals surface area contributed by atoms with E-state index in [1.54, 1.807) is 48.3 Å². The number of carbonyl (C=O) groups excluding carboxylic acids is 1. The van der Waals surface area contributed by atoms with Crippen molar-refractivity contribution in [2.45, 2.75) is 6.10 Å². The van der Waals surface area contributed by atoms with Gasteiger partial charge in [-0.05, 0) is 24.3 Å². The lowest BCUT2D eigenvalue weighted by Gasteiger charge is -2.20. The van der Waals surface area contributed by atoms with Crippen molar-refractivity contribution in [3.8, 4) is 0 Å². The van der Waals surface area contributed by atoms with E-state index >= 15 is 0 Å². The van der Waals surface area contributed by atoms with E-state index in [2.05, 4.69) is 5.32 Å². The van der Waals surface area contributed by atoms with Gasteiger partial charge in [-0.15, -0.1) is 0 Å². The number of hydrogen-bond acceptors (Lipinski definition) is 3. The van der Waals surface area contributed by atoms with Gasteiger partial charge in [0.05, 0.1) is 5.69 Å². The lowest BCUT2D eigenvalue weighted by molar-refractivity contribution is -0.123. The van der Waals surface area contributed by atoms with Crippen LogP contribution >= 0.6 is 0 Å². The molecule has 0 spiro atoms. The number of aliphatic hydroxyl groups excluding tert-OH is 1. The third-order valence-electron chi connectivity index (χ3n) is 3.44. The molecule has 2 aromatic carbocycles. The zero-order chi connectivity index (χ0) is 14.3. The van der Waals surface area contributed by atoms with Crippen molar-refractivity contribution in [1.82, 2.24) is 0 Å². The van der Waals surface area contributed by atoms with E-state index in [1.165, 1.54) is 6.07 Å². The number of para-hydroxylation sites is 1. The number of hydrogen-bond donors (Lipinski definition) is 2. The molecule has 5 heteroatoms. The van der Waals surface area contributed by atoms with Crippen LogP contribution in [-0.4, -0.2) is 18.1 Å². The predicted octanol–water partition coefficient (Wildman–Crippen LogP) is 2.58. The van der Waals surface area contributed by atoms with Crippen molar-refractivity contribution in [2.75, 3.05) is 17.3 Å². The third kappa shape index (κ3) is 1.92. The summed E-state index contributed by atoms with van der Waals surface area (Å²) in [6.45, 7) is 0. The van der Waals surface area contributed by atoms with Gasteiger partial charge in [-0.1, -0.05) is 18.2 Å². The topological polar surface area (TPSA) is 52.6 Å². The molecule has 1 atom stereocenters. The molecular formula is C15H13FN2O2. The molecule has 20 heavy (non-hydrogen) atoms. The molecule has 0 saturated heterocycles. The van der Waals surface area contributed by atoms with E-state index in [0.717, 1.165) is 5.69 Å². The van der Waals surface area contributed by atoms with Gasteiger partial charge in [-0.3, -0.25) is 4.79 Å². The van der Waals surface area contributed by atoms with Crippen LogP contribution in [0.25, 0.3) is 0 Å². The highest BCUT2D eigenvalue weighted by molar-refractivity contribution is 6.02. The minimum atomic E-state index is -1.13. The van der Waals surface area contributed by atoms with E-state index in [4.69, 9.17) is 0 Å². The van der Waals surface area contributed by atoms with E-state index in [9.17, 15) is 14.3 Å². The Bertz CT molecular complexity index is 687. The number of fused-ring (bicyclic) bond motifs is 1. The second-order valence-electron chi connectivity index (χ2n) is 4.67. The summed E-state index contributed by atoms with van der Waals surface area (Å²) in [5, 5.41) is 12.3. The SMILES string of the molecule is CN(c1ccc2c(c1)NC(=O)C2O)c1ccccc1F. The molecule has 0 bridgehead atoms. The van der Waals surface area contributed by atoms with Gasteiger partial charge in [-0.25, -0.2) is 4.39 Å². The summed E-state index contributed by atoms with van der Waals surface area (Å²) >= 11 is 0. The van der Waals surface area contributed by atoms with Gasteiger partial charge in [0.2, 0.25) is 0 Å². The molecule has 102 valence electrons. The van der Waals surface area contributed by atoms with E-state index < -0.39 is 12.0 Å². The van der Waals surface area contributed by atoms with Gasteiger partial charge in [-0.2, -0.15) is 0 Å². The van der Waals surface area contributed by atoms with Crippen LogP contribution < -0.4 is 10.2 Å². The highest BCUT2D eigenvalue weighted by Gasteiger charge is 2.28. The molecule has 3 rings (SSSR count). The molecule has 4 nitrogen and oxygen atoms in total. The first-order valence-electron chi connectivity index (χ1n) is 6.19. The number of carbonyl (C=O) groups is 1. The second-order valence-corrected chi connectivity index (χ2v) is 4.67. The Morgan fingerprint density at radius 3 is 2.75 bits per heavy atom. The number of rotatable bonds is 2. The Balaban J connectivity index is 1.99. The summed E-state index contributed by atoms with van der Waals surface area (Å²) in [5.74, 6) is -0.759. The summed E-state index contributed by atoms with van der Waals surface area (Å²) in [6, 6.07) is 11.6. The summed E-state index contributed by atoms with van der Waals surface area (Å²) in [5.41, 5.74) is 2.27. The number of nitrogens with one attached hydrogen (secondary N) is 1. The Morgan fingerprint density at radius 1 is 1.25 bits per heavy atom. The monoisotopic (exact) mass is 272 g/mol. The van der Waals surface area contributed by atoms with Crippen LogP contribution in [0.3, 0.4) is 0 Å². The summed E-state index contributed by atoms with van der Waals surface area (Å²) in [6.07, 6.45) is -1.13. The maximum absolute atomic E-state index is 13.8. The number of benzene rings is 2. The molecule has 1 aliphatic heterocycles. The Kier molecular flexibility index (Phi) is 2.91. The van der Waals surface area contributed by atoms with Gasteiger partial charge in [0.1, 0.15) is 5.82 Å². The Morgan fingerprint density at radius 2 is 2.00 bits per heavy atom. The lowest BCUT2D eigenvalue weighted by atomic mass is 10.1. The van der Waals surface area contributed by atoms with Gasteiger partial charge in [0, 0.05) is 24.0 Å². The zero-order valence-electron chi connectivity index (χ0n) is 10.8. The maximum Gasteiger partial charge on any atom is 0.257 e.